The van der Waals surface area contributed by atoms with Crippen LogP contribution >= 0.6 is 0 Å². The summed E-state index contributed by atoms with van der Waals surface area (Å²) in [5.41, 5.74) is 0. The third-order valence-corrected chi connectivity index (χ3v) is 2.27. The van der Waals surface area contributed by atoms with Gasteiger partial charge in [-0.25, -0.2) is 4.79 Å². The van der Waals surface area contributed by atoms with Gasteiger partial charge in [-0.1, -0.05) is 34.6 Å². The fourth-order valence-corrected chi connectivity index (χ4v) is 1.54. The molecule has 0 atom stereocenters. The molecule has 0 spiro atoms. The van der Waals surface area contributed by atoms with Gasteiger partial charge in [0, 0.05) is 12.6 Å². The summed E-state index contributed by atoms with van der Waals surface area (Å²) < 4.78 is 0. The van der Waals surface area contributed by atoms with Crippen LogP contribution in [-0.4, -0.2) is 18.6 Å². The van der Waals surface area contributed by atoms with Crippen molar-refractivity contribution in [2.45, 2.75) is 47.1 Å². The van der Waals surface area contributed by atoms with Crippen LogP contribution in [0.15, 0.2) is 0 Å². The van der Waals surface area contributed by atoms with E-state index in [2.05, 4.69) is 38.3 Å². The van der Waals surface area contributed by atoms with Gasteiger partial charge in [0.05, 0.1) is 0 Å². The lowest BCUT2D eigenvalue weighted by atomic mass is 9.93. The zero-order chi connectivity index (χ0) is 11.1. The Labute approximate surface area is 87.6 Å². The second kappa shape index (κ2) is 6.68. The van der Waals surface area contributed by atoms with Gasteiger partial charge in [-0.2, -0.15) is 0 Å². The smallest absolute Gasteiger partial charge is 0.315 e. The van der Waals surface area contributed by atoms with Gasteiger partial charge >= 0.3 is 6.03 Å². The first-order valence-electron chi connectivity index (χ1n) is 5.53. The highest BCUT2D eigenvalue weighted by molar-refractivity contribution is 5.74. The van der Waals surface area contributed by atoms with E-state index in [1.165, 1.54) is 0 Å². The first-order chi connectivity index (χ1) is 6.49. The number of carbonyl (C=O) groups excluding carboxylic acids is 1. The van der Waals surface area contributed by atoms with Gasteiger partial charge in [-0.05, 0) is 18.3 Å². The molecule has 0 aromatic heterocycles. The van der Waals surface area contributed by atoms with E-state index in [4.69, 9.17) is 0 Å². The number of amides is 2. The minimum Gasteiger partial charge on any atom is -0.338 e. The topological polar surface area (TPSA) is 41.1 Å². The number of rotatable bonds is 5. The quantitative estimate of drug-likeness (QED) is 0.703. The molecule has 0 heterocycles. The predicted octanol–water partition coefficient (Wildman–Crippen LogP) is 2.38. The molecule has 0 aliphatic rings. The molecule has 2 amide bonds. The summed E-state index contributed by atoms with van der Waals surface area (Å²) in [6.45, 7) is 11.3. The van der Waals surface area contributed by atoms with Crippen molar-refractivity contribution < 1.29 is 4.79 Å². The largest absolute Gasteiger partial charge is 0.338 e. The maximum atomic E-state index is 11.4. The van der Waals surface area contributed by atoms with Crippen molar-refractivity contribution in [3.63, 3.8) is 0 Å². The molecule has 84 valence electrons. The second-order valence-corrected chi connectivity index (χ2v) is 4.41. The lowest BCUT2D eigenvalue weighted by Gasteiger charge is -2.26. The van der Waals surface area contributed by atoms with Crippen molar-refractivity contribution in [3.8, 4) is 0 Å². The molecule has 0 saturated heterocycles. The molecule has 0 bridgehead atoms. The van der Waals surface area contributed by atoms with Crippen LogP contribution in [0.4, 0.5) is 4.79 Å². The Morgan fingerprint density at radius 3 is 2.00 bits per heavy atom. The normalized spacial score (nSPS) is 11.1. The molecule has 0 aliphatic heterocycles. The second-order valence-electron chi connectivity index (χ2n) is 4.41. The first kappa shape index (κ1) is 13.3. The SMILES string of the molecule is CCCNC(=O)NC(C(C)C)C(C)C. The lowest BCUT2D eigenvalue weighted by molar-refractivity contribution is 0.225. The van der Waals surface area contributed by atoms with Crippen molar-refractivity contribution in [2.24, 2.45) is 11.8 Å². The van der Waals surface area contributed by atoms with Gasteiger partial charge in [0.25, 0.3) is 0 Å². The van der Waals surface area contributed by atoms with E-state index in [9.17, 15) is 4.79 Å². The third-order valence-electron chi connectivity index (χ3n) is 2.27. The summed E-state index contributed by atoms with van der Waals surface area (Å²) in [4.78, 5) is 11.4. The summed E-state index contributed by atoms with van der Waals surface area (Å²) in [5, 5.41) is 5.82. The highest BCUT2D eigenvalue weighted by atomic mass is 16.2. The molecular formula is C11H24N2O. The number of nitrogens with one attached hydrogen (secondary N) is 2. The van der Waals surface area contributed by atoms with Crippen molar-refractivity contribution in [3.05, 3.63) is 0 Å². The van der Waals surface area contributed by atoms with Crippen LogP contribution in [-0.2, 0) is 0 Å². The minimum atomic E-state index is -0.0424. The zero-order valence-corrected chi connectivity index (χ0v) is 10.1. The van der Waals surface area contributed by atoms with E-state index in [0.717, 1.165) is 13.0 Å². The molecule has 3 nitrogen and oxygen atoms in total. The van der Waals surface area contributed by atoms with Gasteiger partial charge in [0.1, 0.15) is 0 Å². The standard InChI is InChI=1S/C11H24N2O/c1-6-7-12-11(14)13-10(8(2)3)9(4)5/h8-10H,6-7H2,1-5H3,(H2,12,13,14). The number of carbonyl (C=O) groups is 1. The van der Waals surface area contributed by atoms with Crippen LogP contribution in [0.1, 0.15) is 41.0 Å². The Morgan fingerprint density at radius 1 is 1.14 bits per heavy atom. The fourth-order valence-electron chi connectivity index (χ4n) is 1.54. The Bertz CT molecular complexity index is 159. The summed E-state index contributed by atoms with van der Waals surface area (Å²) in [7, 11) is 0. The Morgan fingerprint density at radius 2 is 1.64 bits per heavy atom. The predicted molar refractivity (Wildman–Crippen MR) is 60.3 cm³/mol. The molecule has 0 rings (SSSR count). The van der Waals surface area contributed by atoms with Gasteiger partial charge < -0.3 is 10.6 Å². The summed E-state index contributed by atoms with van der Waals surface area (Å²) in [5.74, 6) is 0.949. The van der Waals surface area contributed by atoms with Crippen LogP contribution in [0.5, 0.6) is 0 Å². The maximum Gasteiger partial charge on any atom is 0.315 e. The van der Waals surface area contributed by atoms with Gasteiger partial charge in [-0.15, -0.1) is 0 Å². The summed E-state index contributed by atoms with van der Waals surface area (Å²) in [6, 6.07) is 0.214. The van der Waals surface area contributed by atoms with E-state index in [0.29, 0.717) is 11.8 Å². The van der Waals surface area contributed by atoms with Crippen LogP contribution in [0.2, 0.25) is 0 Å². The summed E-state index contributed by atoms with van der Waals surface area (Å²) in [6.07, 6.45) is 0.974. The van der Waals surface area contributed by atoms with Crippen LogP contribution in [0.25, 0.3) is 0 Å². The molecule has 0 aromatic carbocycles. The molecule has 3 heteroatoms. The molecule has 14 heavy (non-hydrogen) atoms. The number of hydrogen-bond donors (Lipinski definition) is 2. The van der Waals surface area contributed by atoms with Gasteiger partial charge in [0.15, 0.2) is 0 Å². The van der Waals surface area contributed by atoms with Crippen molar-refractivity contribution >= 4 is 6.03 Å². The third kappa shape index (κ3) is 5.10. The average molecular weight is 200 g/mol. The van der Waals surface area contributed by atoms with E-state index >= 15 is 0 Å². The lowest BCUT2D eigenvalue weighted by Crippen LogP contribution is -2.47. The monoisotopic (exact) mass is 200 g/mol. The molecule has 2 N–H and O–H groups in total. The Hall–Kier alpha value is -0.730. The maximum absolute atomic E-state index is 11.4. The molecular weight excluding hydrogens is 176 g/mol. The van der Waals surface area contributed by atoms with E-state index < -0.39 is 0 Å². The average Bonchev–Trinajstić information content (AvgIpc) is 2.09. The molecule has 0 fully saturated rings. The zero-order valence-electron chi connectivity index (χ0n) is 10.1. The highest BCUT2D eigenvalue weighted by Crippen LogP contribution is 2.11. The number of hydrogen-bond acceptors (Lipinski definition) is 1. The minimum absolute atomic E-state index is 0.0424. The van der Waals surface area contributed by atoms with Crippen LogP contribution in [0.3, 0.4) is 0 Å². The van der Waals surface area contributed by atoms with Gasteiger partial charge in [-0.3, -0.25) is 0 Å². The fraction of sp³-hybridized carbons (Fsp3) is 0.909. The molecule has 0 unspecified atom stereocenters. The summed E-state index contributed by atoms with van der Waals surface area (Å²) >= 11 is 0. The van der Waals surface area contributed by atoms with Crippen LogP contribution < -0.4 is 10.6 Å². The molecule has 0 radical (unpaired) electrons. The molecule has 0 saturated carbocycles. The van der Waals surface area contributed by atoms with Gasteiger partial charge in [0.2, 0.25) is 0 Å². The van der Waals surface area contributed by atoms with Crippen molar-refractivity contribution in [1.82, 2.24) is 10.6 Å². The van der Waals surface area contributed by atoms with E-state index in [-0.39, 0.29) is 12.1 Å². The van der Waals surface area contributed by atoms with Crippen molar-refractivity contribution in [1.29, 1.82) is 0 Å². The van der Waals surface area contributed by atoms with E-state index in [1.807, 2.05) is 6.92 Å². The number of urea groups is 1. The highest BCUT2D eigenvalue weighted by Gasteiger charge is 2.18. The van der Waals surface area contributed by atoms with Crippen molar-refractivity contribution in [2.75, 3.05) is 6.54 Å². The first-order valence-corrected chi connectivity index (χ1v) is 5.53. The Balaban J connectivity index is 3.97. The Kier molecular flexibility index (Phi) is 6.34. The van der Waals surface area contributed by atoms with Crippen LogP contribution in [0, 0.1) is 11.8 Å². The molecule has 0 aromatic rings. The van der Waals surface area contributed by atoms with E-state index in [1.54, 1.807) is 0 Å². The molecule has 0 aliphatic carbocycles.